The van der Waals surface area contributed by atoms with Crippen LogP contribution in [-0.2, 0) is 29.2 Å². The summed E-state index contributed by atoms with van der Waals surface area (Å²) >= 11 is 1.08. The van der Waals surface area contributed by atoms with Gasteiger partial charge >= 0.3 is 18.0 Å². The molecule has 1 aromatic rings. The summed E-state index contributed by atoms with van der Waals surface area (Å²) in [7, 11) is -3.92. The average molecular weight is 583 g/mol. The number of aliphatic carboxylic acids is 1. The Hall–Kier alpha value is -3.86. The SMILES string of the molecule is CC1(C)S[C@H]2N(C(=O)[C@@]2(NC=O)NC(=O)C(NC(=O)N2CCN(S(C)(=O)=O)C2=O)c2ccccc2)[C@H]1C(=O)O. The summed E-state index contributed by atoms with van der Waals surface area (Å²) in [5.74, 6) is -3.04. The number of urea groups is 2. The minimum absolute atomic E-state index is 0.204. The molecule has 7 amide bonds. The number of carboxylic acids is 1. The molecule has 0 aromatic heterocycles. The lowest BCUT2D eigenvalue weighted by molar-refractivity contribution is -0.172. The first-order valence-corrected chi connectivity index (χ1v) is 14.3. The van der Waals surface area contributed by atoms with Crippen LogP contribution in [0.5, 0.6) is 0 Å². The van der Waals surface area contributed by atoms with Crippen LogP contribution < -0.4 is 16.0 Å². The summed E-state index contributed by atoms with van der Waals surface area (Å²) in [6.45, 7) is 2.73. The van der Waals surface area contributed by atoms with Crippen molar-refractivity contribution in [2.45, 2.75) is 41.7 Å². The van der Waals surface area contributed by atoms with Gasteiger partial charge in [0.2, 0.25) is 28.0 Å². The van der Waals surface area contributed by atoms with Gasteiger partial charge in [0.05, 0.1) is 19.3 Å². The highest BCUT2D eigenvalue weighted by molar-refractivity contribution is 8.01. The number of rotatable bonds is 8. The van der Waals surface area contributed by atoms with Crippen molar-refractivity contribution in [1.82, 2.24) is 30.1 Å². The first kappa shape index (κ1) is 28.2. The second-order valence-corrected chi connectivity index (χ2v) is 13.3. The maximum Gasteiger partial charge on any atom is 0.341 e. The van der Waals surface area contributed by atoms with Crippen LogP contribution in [0.4, 0.5) is 9.59 Å². The van der Waals surface area contributed by atoms with Gasteiger partial charge in [-0.25, -0.2) is 32.0 Å². The number of fused-ring (bicyclic) bond motifs is 1. The van der Waals surface area contributed by atoms with Crippen LogP contribution in [0.2, 0.25) is 0 Å². The van der Waals surface area contributed by atoms with E-state index in [0.717, 1.165) is 22.9 Å². The number of amides is 7. The van der Waals surface area contributed by atoms with E-state index in [-0.39, 0.29) is 25.1 Å². The lowest BCUT2D eigenvalue weighted by Crippen LogP contribution is -2.85. The molecular weight excluding hydrogens is 556 g/mol. The van der Waals surface area contributed by atoms with Crippen LogP contribution in [0.1, 0.15) is 25.5 Å². The van der Waals surface area contributed by atoms with Crippen LogP contribution in [0.15, 0.2) is 30.3 Å². The highest BCUT2D eigenvalue weighted by atomic mass is 32.2. The van der Waals surface area contributed by atoms with Gasteiger partial charge in [-0.2, -0.15) is 0 Å². The number of nitrogens with zero attached hydrogens (tertiary/aromatic N) is 3. The van der Waals surface area contributed by atoms with E-state index in [1.54, 1.807) is 32.0 Å². The number of hydrogen-bond donors (Lipinski definition) is 4. The molecule has 0 radical (unpaired) electrons. The molecule has 3 aliphatic heterocycles. The van der Waals surface area contributed by atoms with Crippen molar-refractivity contribution in [2.75, 3.05) is 19.3 Å². The lowest BCUT2D eigenvalue weighted by atomic mass is 9.91. The van der Waals surface area contributed by atoms with Gasteiger partial charge in [-0.15, -0.1) is 11.8 Å². The highest BCUT2D eigenvalue weighted by Gasteiger charge is 2.72. The fourth-order valence-corrected chi connectivity index (χ4v) is 7.31. The second kappa shape index (κ2) is 9.71. The lowest BCUT2D eigenvalue weighted by Gasteiger charge is -2.52. The number of β-lactam (4-membered cyclic amide) rings is 1. The third kappa shape index (κ3) is 4.64. The van der Waals surface area contributed by atoms with Crippen molar-refractivity contribution >= 4 is 58.0 Å². The molecule has 3 heterocycles. The molecule has 3 aliphatic rings. The molecule has 17 heteroatoms. The van der Waals surface area contributed by atoms with E-state index in [2.05, 4.69) is 16.0 Å². The van der Waals surface area contributed by atoms with Gasteiger partial charge in [-0.05, 0) is 19.4 Å². The Bertz CT molecular complexity index is 1350. The predicted octanol–water partition coefficient (Wildman–Crippen LogP) is -1.16. The number of benzene rings is 1. The zero-order valence-corrected chi connectivity index (χ0v) is 22.6. The van der Waals surface area contributed by atoms with Crippen molar-refractivity contribution in [3.63, 3.8) is 0 Å². The monoisotopic (exact) mass is 582 g/mol. The molecule has 4 atom stereocenters. The van der Waals surface area contributed by atoms with E-state index in [9.17, 15) is 42.3 Å². The van der Waals surface area contributed by atoms with Gasteiger partial charge in [-0.1, -0.05) is 30.3 Å². The van der Waals surface area contributed by atoms with Crippen molar-refractivity contribution < 1.29 is 42.3 Å². The molecule has 1 aromatic carbocycles. The Kier molecular flexibility index (Phi) is 7.01. The van der Waals surface area contributed by atoms with Crippen LogP contribution >= 0.6 is 11.8 Å². The molecule has 39 heavy (non-hydrogen) atoms. The van der Waals surface area contributed by atoms with E-state index < -0.39 is 67.7 Å². The summed E-state index contributed by atoms with van der Waals surface area (Å²) in [5, 5.41) is 15.9. The zero-order valence-electron chi connectivity index (χ0n) is 21.0. The molecule has 3 fully saturated rings. The van der Waals surface area contributed by atoms with Crippen molar-refractivity contribution in [3.8, 4) is 0 Å². The topological polar surface area (TPSA) is 203 Å². The highest BCUT2D eigenvalue weighted by Crippen LogP contribution is 2.54. The van der Waals surface area contributed by atoms with Gasteiger partial charge in [-0.3, -0.25) is 14.4 Å². The number of sulfonamides is 1. The first-order chi connectivity index (χ1) is 18.2. The molecule has 210 valence electrons. The van der Waals surface area contributed by atoms with E-state index in [1.807, 2.05) is 0 Å². The number of carboxylic acid groups (broad SMARTS) is 1. The van der Waals surface area contributed by atoms with Gasteiger partial charge in [0.25, 0.3) is 5.91 Å². The summed E-state index contributed by atoms with van der Waals surface area (Å²) in [5.41, 5.74) is -1.75. The molecule has 4 rings (SSSR count). The molecule has 15 nitrogen and oxygen atoms in total. The zero-order chi connectivity index (χ0) is 28.9. The normalized spacial score (nSPS) is 26.4. The van der Waals surface area contributed by atoms with E-state index in [0.29, 0.717) is 9.21 Å². The Balaban J connectivity index is 1.61. The summed E-state index contributed by atoms with van der Waals surface area (Å²) < 4.78 is 23.2. The number of hydrogen-bond acceptors (Lipinski definition) is 9. The molecule has 0 spiro atoms. The van der Waals surface area contributed by atoms with Gasteiger partial charge in [0, 0.05) is 4.75 Å². The molecule has 1 unspecified atom stereocenters. The quantitative estimate of drug-likeness (QED) is 0.164. The Labute approximate surface area is 227 Å². The standard InChI is InChI=1S/C22H26N6O9S2/c1-21(2)14(16(31)32)28-17(33)22(23-11-29,18(28)38-21)25-15(30)13(12-7-5-4-6-8-12)24-19(34)26-9-10-27(20(26)35)39(3,36)37/h4-8,11,13-14,18H,9-10H2,1-3H3,(H,23,29)(H,24,34)(H,25,30)(H,31,32)/t13?,14-,18+,22+/m0/s1. The smallest absolute Gasteiger partial charge is 0.341 e. The van der Waals surface area contributed by atoms with E-state index >= 15 is 0 Å². The van der Waals surface area contributed by atoms with Crippen LogP contribution in [0.25, 0.3) is 0 Å². The maximum absolute atomic E-state index is 13.6. The molecule has 3 saturated heterocycles. The predicted molar refractivity (Wildman–Crippen MR) is 135 cm³/mol. The molecule has 0 aliphatic carbocycles. The Morgan fingerprint density at radius 1 is 1.15 bits per heavy atom. The van der Waals surface area contributed by atoms with Crippen molar-refractivity contribution in [2.24, 2.45) is 0 Å². The number of nitrogens with one attached hydrogen (secondary N) is 3. The van der Waals surface area contributed by atoms with E-state index in [4.69, 9.17) is 0 Å². The number of carbonyl (C=O) groups is 6. The van der Waals surface area contributed by atoms with Crippen molar-refractivity contribution in [3.05, 3.63) is 35.9 Å². The van der Waals surface area contributed by atoms with Gasteiger partial charge in [0.15, 0.2) is 0 Å². The largest absolute Gasteiger partial charge is 0.480 e. The number of imide groups is 1. The molecular formula is C22H26N6O9S2. The molecule has 0 bridgehead atoms. The van der Waals surface area contributed by atoms with Crippen LogP contribution in [0, 0.1) is 0 Å². The minimum Gasteiger partial charge on any atom is -0.480 e. The van der Waals surface area contributed by atoms with Gasteiger partial charge < -0.3 is 26.0 Å². The Morgan fingerprint density at radius 3 is 2.33 bits per heavy atom. The average Bonchev–Trinajstić information content (AvgIpc) is 3.38. The summed E-state index contributed by atoms with van der Waals surface area (Å²) in [4.78, 5) is 77.5. The fourth-order valence-electron chi connectivity index (χ4n) is 4.86. The van der Waals surface area contributed by atoms with Crippen molar-refractivity contribution in [1.29, 1.82) is 0 Å². The molecule has 0 saturated carbocycles. The maximum atomic E-state index is 13.6. The number of carbonyl (C=O) groups excluding carboxylic acids is 5. The molecule has 4 N–H and O–H groups in total. The number of thioether (sulfide) groups is 1. The first-order valence-electron chi connectivity index (χ1n) is 11.6. The van der Waals surface area contributed by atoms with E-state index in [1.165, 1.54) is 12.1 Å². The third-order valence-corrected chi connectivity index (χ3v) is 9.44. The van der Waals surface area contributed by atoms with Crippen LogP contribution in [0.3, 0.4) is 0 Å². The minimum atomic E-state index is -3.92. The second-order valence-electron chi connectivity index (χ2n) is 9.65. The summed E-state index contributed by atoms with van der Waals surface area (Å²) in [6.07, 6.45) is 1.03. The van der Waals surface area contributed by atoms with Gasteiger partial charge in [0.1, 0.15) is 17.5 Å². The fraction of sp³-hybridized carbons (Fsp3) is 0.455. The Morgan fingerprint density at radius 2 is 1.79 bits per heavy atom. The third-order valence-electron chi connectivity index (χ3n) is 6.67. The van der Waals surface area contributed by atoms with Crippen LogP contribution in [-0.4, -0.2) is 105 Å². The summed E-state index contributed by atoms with van der Waals surface area (Å²) in [6, 6.07) is 2.96.